The van der Waals surface area contributed by atoms with Crippen LogP contribution in [0.2, 0.25) is 0 Å². The molecular formula is C10H11N. The fourth-order valence-corrected chi connectivity index (χ4v) is 1.42. The van der Waals surface area contributed by atoms with E-state index in [2.05, 4.69) is 36.2 Å². The lowest BCUT2D eigenvalue weighted by molar-refractivity contribution is 1.06. The molecule has 0 radical (unpaired) electrons. The molecule has 1 aliphatic carbocycles. The Balaban J connectivity index is 2.29. The molecule has 0 spiro atoms. The highest BCUT2D eigenvalue weighted by Crippen LogP contribution is 2.21. The van der Waals surface area contributed by atoms with E-state index in [1.54, 1.807) is 0 Å². The summed E-state index contributed by atoms with van der Waals surface area (Å²) in [5, 5.41) is 0. The fraction of sp³-hybridized carbons (Fsp3) is 0.300. The number of hydrogen-bond donors (Lipinski definition) is 0. The Kier molecular flexibility index (Phi) is 1.50. The van der Waals surface area contributed by atoms with Crippen LogP contribution in [0, 0.1) is 5.92 Å². The molecule has 0 bridgehead atoms. The predicted octanol–water partition coefficient (Wildman–Crippen LogP) is 2.48. The summed E-state index contributed by atoms with van der Waals surface area (Å²) in [5.74, 6) is 0.468. The number of rotatable bonds is 1. The van der Waals surface area contributed by atoms with Crippen molar-refractivity contribution in [2.24, 2.45) is 10.9 Å². The highest BCUT2D eigenvalue weighted by atomic mass is 14.7. The molecule has 56 valence electrons. The molecule has 1 nitrogen and oxygen atoms in total. The van der Waals surface area contributed by atoms with Gasteiger partial charge >= 0.3 is 0 Å². The first-order chi connectivity index (χ1) is 5.40. The Morgan fingerprint density at radius 1 is 1.45 bits per heavy atom. The lowest BCUT2D eigenvalue weighted by atomic mass is 9.94. The first kappa shape index (κ1) is 6.59. The highest BCUT2D eigenvalue weighted by Gasteiger charge is 2.14. The monoisotopic (exact) mass is 145 g/mol. The molecule has 1 atom stereocenters. The van der Waals surface area contributed by atoms with E-state index in [9.17, 15) is 0 Å². The zero-order valence-electron chi connectivity index (χ0n) is 6.62. The highest BCUT2D eigenvalue weighted by molar-refractivity contribution is 6.02. The maximum absolute atomic E-state index is 4.23. The van der Waals surface area contributed by atoms with Gasteiger partial charge < -0.3 is 0 Å². The topological polar surface area (TPSA) is 12.4 Å². The summed E-state index contributed by atoms with van der Waals surface area (Å²) < 4.78 is 0. The lowest BCUT2D eigenvalue weighted by Crippen LogP contribution is -2.07. The van der Waals surface area contributed by atoms with Crippen molar-refractivity contribution in [1.82, 2.24) is 0 Å². The van der Waals surface area contributed by atoms with E-state index < -0.39 is 0 Å². The standard InChI is InChI=1S/C10H11N/c1-2-8-3-4-10-9(7-8)5-6-11-10/h3-7,9H,2H2,1H3. The molecular weight excluding hydrogens is 134 g/mol. The Labute approximate surface area is 66.8 Å². The summed E-state index contributed by atoms with van der Waals surface area (Å²) in [6.07, 6.45) is 11.7. The van der Waals surface area contributed by atoms with Crippen LogP contribution in [-0.2, 0) is 0 Å². The van der Waals surface area contributed by atoms with Crippen molar-refractivity contribution in [1.29, 1.82) is 0 Å². The van der Waals surface area contributed by atoms with Gasteiger partial charge in [-0.1, -0.05) is 30.7 Å². The number of fused-ring (bicyclic) bond motifs is 1. The second kappa shape index (κ2) is 2.50. The average Bonchev–Trinajstić information content (AvgIpc) is 2.50. The van der Waals surface area contributed by atoms with E-state index in [4.69, 9.17) is 0 Å². The second-order valence-electron chi connectivity index (χ2n) is 2.85. The largest absolute Gasteiger partial charge is 0.261 e. The second-order valence-corrected chi connectivity index (χ2v) is 2.85. The van der Waals surface area contributed by atoms with Crippen LogP contribution in [0.15, 0.2) is 41.1 Å². The van der Waals surface area contributed by atoms with Gasteiger partial charge in [0.25, 0.3) is 0 Å². The zero-order chi connectivity index (χ0) is 7.68. The van der Waals surface area contributed by atoms with Crippen LogP contribution < -0.4 is 0 Å². The number of nitrogens with zero attached hydrogens (tertiary/aromatic N) is 1. The normalized spacial score (nSPS) is 26.5. The van der Waals surface area contributed by atoms with Crippen LogP contribution in [-0.4, -0.2) is 5.71 Å². The zero-order valence-corrected chi connectivity index (χ0v) is 6.62. The summed E-state index contributed by atoms with van der Waals surface area (Å²) in [7, 11) is 0. The summed E-state index contributed by atoms with van der Waals surface area (Å²) in [4.78, 5) is 4.23. The van der Waals surface area contributed by atoms with Crippen LogP contribution in [0.3, 0.4) is 0 Å². The minimum absolute atomic E-state index is 0.468. The summed E-state index contributed by atoms with van der Waals surface area (Å²) in [6, 6.07) is 0. The molecule has 2 rings (SSSR count). The van der Waals surface area contributed by atoms with Crippen molar-refractivity contribution < 1.29 is 0 Å². The van der Waals surface area contributed by atoms with E-state index in [1.165, 1.54) is 11.3 Å². The Bertz CT molecular complexity index is 279. The van der Waals surface area contributed by atoms with Gasteiger partial charge in [0.2, 0.25) is 0 Å². The van der Waals surface area contributed by atoms with E-state index >= 15 is 0 Å². The summed E-state index contributed by atoms with van der Waals surface area (Å²) >= 11 is 0. The molecule has 0 N–H and O–H groups in total. The first-order valence-corrected chi connectivity index (χ1v) is 4.03. The molecule has 0 saturated carbocycles. The van der Waals surface area contributed by atoms with Crippen molar-refractivity contribution >= 4 is 5.71 Å². The maximum Gasteiger partial charge on any atom is 0.0511 e. The molecule has 0 amide bonds. The molecule has 0 aromatic carbocycles. The SMILES string of the molecule is CCC1=CC2C=CN=C2C=C1. The van der Waals surface area contributed by atoms with Crippen LogP contribution in [0.5, 0.6) is 0 Å². The molecule has 0 fully saturated rings. The third kappa shape index (κ3) is 1.07. The van der Waals surface area contributed by atoms with Crippen LogP contribution in [0.1, 0.15) is 13.3 Å². The molecule has 0 aromatic heterocycles. The number of hydrogen-bond acceptors (Lipinski definition) is 1. The van der Waals surface area contributed by atoms with Gasteiger partial charge in [-0.05, 0) is 12.5 Å². The van der Waals surface area contributed by atoms with Crippen LogP contribution in [0.25, 0.3) is 0 Å². The van der Waals surface area contributed by atoms with E-state index in [-0.39, 0.29) is 0 Å². The molecule has 0 saturated heterocycles. The van der Waals surface area contributed by atoms with Crippen molar-refractivity contribution in [2.45, 2.75) is 13.3 Å². The van der Waals surface area contributed by atoms with Crippen LogP contribution in [0.4, 0.5) is 0 Å². The van der Waals surface area contributed by atoms with Gasteiger partial charge in [0, 0.05) is 12.1 Å². The molecule has 2 aliphatic rings. The van der Waals surface area contributed by atoms with E-state index in [0.29, 0.717) is 5.92 Å². The van der Waals surface area contributed by atoms with Crippen molar-refractivity contribution in [2.75, 3.05) is 0 Å². The fourth-order valence-electron chi connectivity index (χ4n) is 1.42. The molecule has 1 heterocycles. The van der Waals surface area contributed by atoms with Gasteiger partial charge in [0.1, 0.15) is 0 Å². The Hall–Kier alpha value is -1.11. The van der Waals surface area contributed by atoms with Gasteiger partial charge in [0.05, 0.1) is 5.71 Å². The molecule has 1 aliphatic heterocycles. The summed E-state index contributed by atoms with van der Waals surface area (Å²) in [5.41, 5.74) is 2.60. The smallest absolute Gasteiger partial charge is 0.0511 e. The van der Waals surface area contributed by atoms with Crippen molar-refractivity contribution in [3.8, 4) is 0 Å². The molecule has 1 heteroatoms. The average molecular weight is 145 g/mol. The molecule has 1 unspecified atom stereocenters. The first-order valence-electron chi connectivity index (χ1n) is 4.03. The number of aliphatic imine (C=N–C) groups is 1. The summed E-state index contributed by atoms with van der Waals surface area (Å²) in [6.45, 7) is 2.18. The Morgan fingerprint density at radius 2 is 2.36 bits per heavy atom. The van der Waals surface area contributed by atoms with Gasteiger partial charge in [-0.15, -0.1) is 0 Å². The molecule has 0 aromatic rings. The van der Waals surface area contributed by atoms with Gasteiger partial charge in [-0.25, -0.2) is 0 Å². The Morgan fingerprint density at radius 3 is 3.18 bits per heavy atom. The minimum atomic E-state index is 0.468. The maximum atomic E-state index is 4.23. The van der Waals surface area contributed by atoms with Gasteiger partial charge in [-0.3, -0.25) is 4.99 Å². The van der Waals surface area contributed by atoms with Crippen molar-refractivity contribution in [3.63, 3.8) is 0 Å². The van der Waals surface area contributed by atoms with E-state index in [0.717, 1.165) is 6.42 Å². The predicted molar refractivity (Wildman–Crippen MR) is 47.6 cm³/mol. The lowest BCUT2D eigenvalue weighted by Gasteiger charge is -2.10. The van der Waals surface area contributed by atoms with E-state index in [1.807, 2.05) is 6.20 Å². The minimum Gasteiger partial charge on any atom is -0.261 e. The third-order valence-corrected chi connectivity index (χ3v) is 2.13. The quantitative estimate of drug-likeness (QED) is 0.537. The third-order valence-electron chi connectivity index (χ3n) is 2.13. The van der Waals surface area contributed by atoms with Gasteiger partial charge in [0.15, 0.2) is 0 Å². The number of allylic oxidation sites excluding steroid dienone is 5. The molecule has 11 heavy (non-hydrogen) atoms. The van der Waals surface area contributed by atoms with Crippen molar-refractivity contribution in [3.05, 3.63) is 36.1 Å². The van der Waals surface area contributed by atoms with Gasteiger partial charge in [-0.2, -0.15) is 0 Å². The van der Waals surface area contributed by atoms with Crippen LogP contribution >= 0.6 is 0 Å².